The standard InChI is InChI=1S/C17H22N2O4S2/c1-2-12-7-9-13(10-8-12)25(22,23)18-14-5-3-4-6-15(14)19-16(20)11-24-17(19)21/h7-10,14-15,18H,2-6,11H2,1H3. The summed E-state index contributed by atoms with van der Waals surface area (Å²) in [5.41, 5.74) is 1.07. The number of amides is 2. The molecule has 0 radical (unpaired) electrons. The Morgan fingerprint density at radius 3 is 2.44 bits per heavy atom. The Kier molecular flexibility index (Phi) is 5.50. The highest BCUT2D eigenvalue weighted by atomic mass is 32.2. The first kappa shape index (κ1) is 18.4. The van der Waals surface area contributed by atoms with Gasteiger partial charge in [-0.3, -0.25) is 14.5 Å². The summed E-state index contributed by atoms with van der Waals surface area (Å²) in [6, 6.07) is 5.97. The first-order valence-corrected chi connectivity index (χ1v) is 11.0. The first-order valence-electron chi connectivity index (χ1n) is 8.52. The van der Waals surface area contributed by atoms with Gasteiger partial charge in [0.1, 0.15) is 0 Å². The van der Waals surface area contributed by atoms with Gasteiger partial charge in [0.2, 0.25) is 15.9 Å². The van der Waals surface area contributed by atoms with Crippen molar-refractivity contribution in [2.24, 2.45) is 0 Å². The molecule has 0 aromatic heterocycles. The summed E-state index contributed by atoms with van der Waals surface area (Å²) < 4.78 is 28.2. The smallest absolute Gasteiger partial charge is 0.273 e. The van der Waals surface area contributed by atoms with E-state index in [0.717, 1.165) is 36.6 Å². The molecule has 2 atom stereocenters. The van der Waals surface area contributed by atoms with Gasteiger partial charge < -0.3 is 0 Å². The molecule has 1 saturated carbocycles. The van der Waals surface area contributed by atoms with Crippen molar-refractivity contribution >= 4 is 32.9 Å². The van der Waals surface area contributed by atoms with E-state index in [1.807, 2.05) is 6.92 Å². The number of hydrogen-bond acceptors (Lipinski definition) is 5. The molecule has 2 fully saturated rings. The first-order chi connectivity index (χ1) is 11.9. The Labute approximate surface area is 152 Å². The monoisotopic (exact) mass is 382 g/mol. The van der Waals surface area contributed by atoms with Gasteiger partial charge in [0, 0.05) is 6.04 Å². The van der Waals surface area contributed by atoms with E-state index < -0.39 is 22.1 Å². The number of carbonyl (C=O) groups excluding carboxylic acids is 2. The van der Waals surface area contributed by atoms with Gasteiger partial charge in [-0.05, 0) is 37.0 Å². The Bertz CT molecular complexity index is 745. The molecule has 0 bridgehead atoms. The van der Waals surface area contributed by atoms with Gasteiger partial charge in [-0.1, -0.05) is 43.7 Å². The van der Waals surface area contributed by atoms with E-state index in [9.17, 15) is 18.0 Å². The van der Waals surface area contributed by atoms with E-state index in [-0.39, 0.29) is 21.8 Å². The zero-order valence-electron chi connectivity index (χ0n) is 14.1. The highest BCUT2D eigenvalue weighted by Gasteiger charge is 2.41. The number of benzene rings is 1. The summed E-state index contributed by atoms with van der Waals surface area (Å²) in [5, 5.41) is -0.270. The summed E-state index contributed by atoms with van der Waals surface area (Å²) in [7, 11) is -3.69. The third-order valence-electron chi connectivity index (χ3n) is 4.79. The lowest BCUT2D eigenvalue weighted by Crippen LogP contribution is -2.54. The molecule has 1 aliphatic carbocycles. The predicted octanol–water partition coefficient (Wildman–Crippen LogP) is 2.53. The van der Waals surface area contributed by atoms with Gasteiger partial charge in [0.05, 0.1) is 16.7 Å². The minimum atomic E-state index is -3.69. The quantitative estimate of drug-likeness (QED) is 0.846. The molecule has 1 heterocycles. The third-order valence-corrected chi connectivity index (χ3v) is 7.13. The summed E-state index contributed by atoms with van der Waals surface area (Å²) in [5.74, 6) is -0.0776. The molecule has 2 amide bonds. The Morgan fingerprint density at radius 1 is 1.16 bits per heavy atom. The Morgan fingerprint density at radius 2 is 1.84 bits per heavy atom. The Balaban J connectivity index is 1.80. The summed E-state index contributed by atoms with van der Waals surface area (Å²) in [4.78, 5) is 25.5. The average molecular weight is 383 g/mol. The molecule has 1 N–H and O–H groups in total. The van der Waals surface area contributed by atoms with Gasteiger partial charge in [-0.15, -0.1) is 0 Å². The van der Waals surface area contributed by atoms with Crippen molar-refractivity contribution in [3.05, 3.63) is 29.8 Å². The van der Waals surface area contributed by atoms with E-state index in [0.29, 0.717) is 12.8 Å². The number of nitrogens with zero attached hydrogens (tertiary/aromatic N) is 1. The highest BCUT2D eigenvalue weighted by Crippen LogP contribution is 2.30. The molecule has 3 rings (SSSR count). The topological polar surface area (TPSA) is 83.6 Å². The van der Waals surface area contributed by atoms with E-state index in [1.165, 1.54) is 4.90 Å². The van der Waals surface area contributed by atoms with Crippen LogP contribution < -0.4 is 4.72 Å². The largest absolute Gasteiger partial charge is 0.289 e. The van der Waals surface area contributed by atoms with Crippen molar-refractivity contribution < 1.29 is 18.0 Å². The number of carbonyl (C=O) groups is 2. The molecule has 1 aliphatic heterocycles. The van der Waals surface area contributed by atoms with E-state index in [1.54, 1.807) is 24.3 Å². The van der Waals surface area contributed by atoms with E-state index in [2.05, 4.69) is 4.72 Å². The van der Waals surface area contributed by atoms with Crippen molar-refractivity contribution in [1.82, 2.24) is 9.62 Å². The fraction of sp³-hybridized carbons (Fsp3) is 0.529. The van der Waals surface area contributed by atoms with Crippen molar-refractivity contribution in [3.8, 4) is 0 Å². The average Bonchev–Trinajstić information content (AvgIpc) is 2.94. The molecular weight excluding hydrogens is 360 g/mol. The summed E-state index contributed by atoms with van der Waals surface area (Å²) in [6.45, 7) is 2.01. The van der Waals surface area contributed by atoms with Crippen LogP contribution in [0.1, 0.15) is 38.2 Å². The SMILES string of the molecule is CCc1ccc(S(=O)(=O)NC2CCCCC2N2C(=O)CSC2=O)cc1. The normalized spacial score (nSPS) is 24.8. The predicted molar refractivity (Wildman–Crippen MR) is 96.9 cm³/mol. The number of rotatable bonds is 5. The molecule has 25 heavy (non-hydrogen) atoms. The maximum absolute atomic E-state index is 12.7. The molecular formula is C17H22N2O4S2. The second kappa shape index (κ2) is 7.47. The molecule has 136 valence electrons. The van der Waals surface area contributed by atoms with E-state index >= 15 is 0 Å². The number of aryl methyl sites for hydroxylation is 1. The second-order valence-electron chi connectivity index (χ2n) is 6.40. The maximum atomic E-state index is 12.7. The molecule has 2 aliphatic rings. The summed E-state index contributed by atoms with van der Waals surface area (Å²) in [6.07, 6.45) is 3.87. The lowest BCUT2D eigenvalue weighted by molar-refractivity contribution is -0.127. The van der Waals surface area contributed by atoms with Crippen molar-refractivity contribution in [2.45, 2.75) is 56.0 Å². The lowest BCUT2D eigenvalue weighted by Gasteiger charge is -2.36. The third kappa shape index (κ3) is 3.91. The zero-order valence-corrected chi connectivity index (χ0v) is 15.7. The van der Waals surface area contributed by atoms with Crippen LogP contribution in [0.15, 0.2) is 29.2 Å². The van der Waals surface area contributed by atoms with Crippen LogP contribution >= 0.6 is 11.8 Å². The van der Waals surface area contributed by atoms with E-state index in [4.69, 9.17) is 0 Å². The molecule has 8 heteroatoms. The minimum Gasteiger partial charge on any atom is -0.273 e. The number of sulfonamides is 1. The number of thioether (sulfide) groups is 1. The molecule has 6 nitrogen and oxygen atoms in total. The van der Waals surface area contributed by atoms with Gasteiger partial charge in [0.25, 0.3) is 5.24 Å². The zero-order chi connectivity index (χ0) is 18.0. The van der Waals surface area contributed by atoms with Gasteiger partial charge in [-0.2, -0.15) is 0 Å². The number of hydrogen-bond donors (Lipinski definition) is 1. The van der Waals surface area contributed by atoms with Crippen LogP contribution in [0.4, 0.5) is 4.79 Å². The fourth-order valence-corrected chi connectivity index (χ4v) is 5.48. The maximum Gasteiger partial charge on any atom is 0.289 e. The van der Waals surface area contributed by atoms with Crippen LogP contribution in [0.5, 0.6) is 0 Å². The van der Waals surface area contributed by atoms with Crippen molar-refractivity contribution in [3.63, 3.8) is 0 Å². The fourth-order valence-electron chi connectivity index (χ4n) is 3.41. The van der Waals surface area contributed by atoms with Crippen LogP contribution in [0, 0.1) is 0 Å². The highest BCUT2D eigenvalue weighted by molar-refractivity contribution is 8.14. The number of imide groups is 1. The van der Waals surface area contributed by atoms with Gasteiger partial charge in [-0.25, -0.2) is 13.1 Å². The van der Waals surface area contributed by atoms with Crippen molar-refractivity contribution in [2.75, 3.05) is 5.75 Å². The van der Waals surface area contributed by atoms with Gasteiger partial charge in [0.15, 0.2) is 0 Å². The van der Waals surface area contributed by atoms with Crippen molar-refractivity contribution in [1.29, 1.82) is 0 Å². The number of nitrogens with one attached hydrogen (secondary N) is 1. The molecule has 1 aromatic rings. The molecule has 2 unspecified atom stereocenters. The van der Waals surface area contributed by atoms with Crippen LogP contribution in [0.25, 0.3) is 0 Å². The second-order valence-corrected chi connectivity index (χ2v) is 9.04. The van der Waals surface area contributed by atoms with Crippen LogP contribution in [0.3, 0.4) is 0 Å². The minimum absolute atomic E-state index is 0.146. The molecule has 1 saturated heterocycles. The van der Waals surface area contributed by atoms with Crippen LogP contribution in [-0.4, -0.2) is 42.3 Å². The lowest BCUT2D eigenvalue weighted by atomic mass is 9.90. The summed E-state index contributed by atoms with van der Waals surface area (Å²) >= 11 is 0.988. The van der Waals surface area contributed by atoms with Gasteiger partial charge >= 0.3 is 0 Å². The molecule has 0 spiro atoms. The van der Waals surface area contributed by atoms with Crippen LogP contribution in [-0.2, 0) is 21.2 Å². The molecule has 1 aromatic carbocycles. The Hall–Kier alpha value is -1.38. The van der Waals surface area contributed by atoms with Crippen LogP contribution in [0.2, 0.25) is 0 Å².